The van der Waals surface area contributed by atoms with Crippen LogP contribution in [0.1, 0.15) is 55.9 Å². The van der Waals surface area contributed by atoms with E-state index in [2.05, 4.69) is 10.1 Å². The Kier molecular flexibility index (Phi) is 5.13. The molecule has 1 aromatic carbocycles. The van der Waals surface area contributed by atoms with Gasteiger partial charge in [0, 0.05) is 13.0 Å². The molecule has 128 valence electrons. The van der Waals surface area contributed by atoms with Crippen molar-refractivity contribution in [3.05, 3.63) is 41.5 Å². The zero-order valence-electron chi connectivity index (χ0n) is 14.2. The van der Waals surface area contributed by atoms with Crippen molar-refractivity contribution >= 4 is 5.91 Å². The molecule has 1 fully saturated rings. The summed E-state index contributed by atoms with van der Waals surface area (Å²) in [4.78, 5) is 18.4. The zero-order chi connectivity index (χ0) is 16.9. The summed E-state index contributed by atoms with van der Waals surface area (Å²) in [7, 11) is 0. The average molecular weight is 329 g/mol. The summed E-state index contributed by atoms with van der Waals surface area (Å²) in [6.45, 7) is 4.90. The van der Waals surface area contributed by atoms with Gasteiger partial charge in [0.05, 0.1) is 6.04 Å². The highest BCUT2D eigenvalue weighted by atomic mass is 16.5. The van der Waals surface area contributed by atoms with Crippen molar-refractivity contribution in [2.45, 2.75) is 52.2 Å². The van der Waals surface area contributed by atoms with Gasteiger partial charge in [-0.2, -0.15) is 4.98 Å². The molecule has 1 aliphatic heterocycles. The lowest BCUT2D eigenvalue weighted by Crippen LogP contribution is -2.38. The van der Waals surface area contributed by atoms with Gasteiger partial charge >= 0.3 is 0 Å². The smallest absolute Gasteiger partial charge is 0.264 e. The second kappa shape index (κ2) is 7.47. The van der Waals surface area contributed by atoms with Gasteiger partial charge in [0.15, 0.2) is 12.4 Å². The van der Waals surface area contributed by atoms with Gasteiger partial charge in [-0.25, -0.2) is 0 Å². The van der Waals surface area contributed by atoms with E-state index >= 15 is 0 Å². The van der Waals surface area contributed by atoms with Crippen LogP contribution < -0.4 is 4.74 Å². The van der Waals surface area contributed by atoms with Gasteiger partial charge in [0.2, 0.25) is 5.91 Å². The Morgan fingerprint density at radius 1 is 1.33 bits per heavy atom. The quantitative estimate of drug-likeness (QED) is 0.840. The van der Waals surface area contributed by atoms with Crippen LogP contribution >= 0.6 is 0 Å². The van der Waals surface area contributed by atoms with Crippen LogP contribution in [0.25, 0.3) is 0 Å². The predicted octanol–water partition coefficient (Wildman–Crippen LogP) is 3.42. The van der Waals surface area contributed by atoms with E-state index in [1.165, 1.54) is 5.56 Å². The topological polar surface area (TPSA) is 68.5 Å². The highest BCUT2D eigenvalue weighted by Gasteiger charge is 2.30. The van der Waals surface area contributed by atoms with E-state index in [-0.39, 0.29) is 18.6 Å². The van der Waals surface area contributed by atoms with E-state index in [1.54, 1.807) is 0 Å². The van der Waals surface area contributed by atoms with E-state index in [0.717, 1.165) is 31.6 Å². The summed E-state index contributed by atoms with van der Waals surface area (Å²) in [5, 5.41) is 4.07. The number of rotatable bonds is 5. The fraction of sp³-hybridized carbons (Fsp3) is 0.500. The van der Waals surface area contributed by atoms with Crippen molar-refractivity contribution in [2.24, 2.45) is 0 Å². The molecule has 1 aromatic heterocycles. The molecular weight excluding hydrogens is 306 g/mol. The van der Waals surface area contributed by atoms with Gasteiger partial charge in [0.1, 0.15) is 5.75 Å². The largest absolute Gasteiger partial charge is 0.484 e. The average Bonchev–Trinajstić information content (AvgIpc) is 3.09. The summed E-state index contributed by atoms with van der Waals surface area (Å²) < 4.78 is 11.0. The number of nitrogens with zero attached hydrogens (tertiary/aromatic N) is 3. The van der Waals surface area contributed by atoms with Crippen molar-refractivity contribution in [3.63, 3.8) is 0 Å². The second-order valence-electron chi connectivity index (χ2n) is 6.10. The van der Waals surface area contributed by atoms with Crippen LogP contribution in [0.2, 0.25) is 0 Å². The van der Waals surface area contributed by atoms with Gasteiger partial charge in [-0.3, -0.25) is 4.79 Å². The molecule has 6 nitrogen and oxygen atoms in total. The van der Waals surface area contributed by atoms with Crippen molar-refractivity contribution in [1.82, 2.24) is 15.0 Å². The molecule has 24 heavy (non-hydrogen) atoms. The predicted molar refractivity (Wildman–Crippen MR) is 88.4 cm³/mol. The maximum Gasteiger partial charge on any atom is 0.264 e. The molecule has 3 rings (SSSR count). The molecule has 0 radical (unpaired) electrons. The molecule has 0 spiro atoms. The van der Waals surface area contributed by atoms with Crippen LogP contribution in [-0.2, 0) is 11.4 Å². The van der Waals surface area contributed by atoms with Crippen LogP contribution in [0.4, 0.5) is 0 Å². The molecule has 1 aliphatic rings. The lowest BCUT2D eigenvalue weighted by atomic mass is 10.0. The third-order valence-corrected chi connectivity index (χ3v) is 4.29. The Labute approximate surface area is 141 Å². The van der Waals surface area contributed by atoms with Gasteiger partial charge in [-0.15, -0.1) is 0 Å². The maximum atomic E-state index is 12.1. The number of carbonyl (C=O) groups is 1. The van der Waals surface area contributed by atoms with E-state index in [4.69, 9.17) is 9.26 Å². The van der Waals surface area contributed by atoms with E-state index in [9.17, 15) is 4.79 Å². The Morgan fingerprint density at radius 2 is 2.12 bits per heavy atom. The lowest BCUT2D eigenvalue weighted by Gasteiger charge is -2.33. The SMILES string of the molecule is CCC(=O)N1CCCCC1c1noc(COc2ccc(C)cc2)n1. The highest BCUT2D eigenvalue weighted by Crippen LogP contribution is 2.29. The van der Waals surface area contributed by atoms with Crippen molar-refractivity contribution in [2.75, 3.05) is 6.54 Å². The molecular formula is C18H23N3O3. The number of aryl methyl sites for hydroxylation is 1. The first-order chi connectivity index (χ1) is 11.7. The molecule has 0 saturated carbocycles. The van der Waals surface area contributed by atoms with Gasteiger partial charge in [-0.1, -0.05) is 29.8 Å². The van der Waals surface area contributed by atoms with Crippen LogP contribution in [0, 0.1) is 6.92 Å². The lowest BCUT2D eigenvalue weighted by molar-refractivity contribution is -0.134. The zero-order valence-corrected chi connectivity index (χ0v) is 14.2. The Hall–Kier alpha value is -2.37. The van der Waals surface area contributed by atoms with E-state index in [1.807, 2.05) is 43.0 Å². The molecule has 0 aliphatic carbocycles. The molecule has 1 unspecified atom stereocenters. The van der Waals surface area contributed by atoms with E-state index < -0.39 is 0 Å². The second-order valence-corrected chi connectivity index (χ2v) is 6.10. The maximum absolute atomic E-state index is 12.1. The molecule has 0 bridgehead atoms. The van der Waals surface area contributed by atoms with Crippen molar-refractivity contribution in [3.8, 4) is 5.75 Å². The standard InChI is InChI=1S/C18H23N3O3/c1-3-17(22)21-11-5-4-6-15(21)18-19-16(24-20-18)12-23-14-9-7-13(2)8-10-14/h7-10,15H,3-6,11-12H2,1-2H3. The summed E-state index contributed by atoms with van der Waals surface area (Å²) in [5.41, 5.74) is 1.18. The summed E-state index contributed by atoms with van der Waals surface area (Å²) in [6, 6.07) is 7.73. The summed E-state index contributed by atoms with van der Waals surface area (Å²) in [5.74, 6) is 1.92. The van der Waals surface area contributed by atoms with Gasteiger partial charge in [0.25, 0.3) is 5.89 Å². The summed E-state index contributed by atoms with van der Waals surface area (Å²) in [6.07, 6.45) is 3.48. The van der Waals surface area contributed by atoms with Crippen LogP contribution in [-0.4, -0.2) is 27.5 Å². The molecule has 1 atom stereocenters. The number of amides is 1. The van der Waals surface area contributed by atoms with Crippen LogP contribution in [0.3, 0.4) is 0 Å². The van der Waals surface area contributed by atoms with Gasteiger partial charge in [-0.05, 0) is 38.3 Å². The third kappa shape index (κ3) is 3.75. The first kappa shape index (κ1) is 16.5. The number of ether oxygens (including phenoxy) is 1. The number of likely N-dealkylation sites (tertiary alicyclic amines) is 1. The number of carbonyl (C=O) groups excluding carboxylic acids is 1. The number of hydrogen-bond donors (Lipinski definition) is 0. The monoisotopic (exact) mass is 329 g/mol. The Morgan fingerprint density at radius 3 is 2.88 bits per heavy atom. The van der Waals surface area contributed by atoms with Crippen LogP contribution in [0.5, 0.6) is 5.75 Å². The molecule has 2 aromatic rings. The number of hydrogen-bond acceptors (Lipinski definition) is 5. The third-order valence-electron chi connectivity index (χ3n) is 4.29. The fourth-order valence-corrected chi connectivity index (χ4v) is 2.94. The van der Waals surface area contributed by atoms with E-state index in [0.29, 0.717) is 18.1 Å². The first-order valence-corrected chi connectivity index (χ1v) is 8.48. The van der Waals surface area contributed by atoms with Crippen molar-refractivity contribution < 1.29 is 14.1 Å². The van der Waals surface area contributed by atoms with Crippen LogP contribution in [0.15, 0.2) is 28.8 Å². The number of piperidine rings is 1. The molecule has 6 heteroatoms. The normalized spacial score (nSPS) is 17.8. The summed E-state index contributed by atoms with van der Waals surface area (Å²) >= 11 is 0. The molecule has 1 saturated heterocycles. The minimum absolute atomic E-state index is 0.0805. The molecule has 2 heterocycles. The Balaban J connectivity index is 1.65. The Bertz CT molecular complexity index is 681. The fourth-order valence-electron chi connectivity index (χ4n) is 2.94. The number of aromatic nitrogens is 2. The first-order valence-electron chi connectivity index (χ1n) is 8.48. The minimum Gasteiger partial charge on any atom is -0.484 e. The highest BCUT2D eigenvalue weighted by molar-refractivity contribution is 5.76. The minimum atomic E-state index is -0.0805. The molecule has 0 N–H and O–H groups in total. The van der Waals surface area contributed by atoms with Crippen molar-refractivity contribution in [1.29, 1.82) is 0 Å². The van der Waals surface area contributed by atoms with Gasteiger partial charge < -0.3 is 14.2 Å². The number of benzene rings is 1. The molecule has 1 amide bonds.